The molecule has 0 saturated carbocycles. The first-order valence-corrected chi connectivity index (χ1v) is 7.79. The van der Waals surface area contributed by atoms with Gasteiger partial charge in [-0.25, -0.2) is 4.79 Å². The molecule has 0 unspecified atom stereocenters. The molecular weight excluding hydrogens is 300 g/mol. The second-order valence-corrected chi connectivity index (χ2v) is 5.73. The van der Waals surface area contributed by atoms with Crippen molar-refractivity contribution in [1.29, 1.82) is 0 Å². The van der Waals surface area contributed by atoms with Gasteiger partial charge in [0.1, 0.15) is 5.75 Å². The van der Waals surface area contributed by atoms with E-state index in [-0.39, 0.29) is 6.03 Å². The van der Waals surface area contributed by atoms with Crippen molar-refractivity contribution in [3.63, 3.8) is 0 Å². The summed E-state index contributed by atoms with van der Waals surface area (Å²) in [5, 5.41) is 7.87. The van der Waals surface area contributed by atoms with E-state index in [9.17, 15) is 4.79 Å². The van der Waals surface area contributed by atoms with Crippen LogP contribution in [0.3, 0.4) is 0 Å². The van der Waals surface area contributed by atoms with E-state index in [1.807, 2.05) is 68.4 Å². The zero-order valence-corrected chi connectivity index (χ0v) is 14.0. The first-order valence-electron chi connectivity index (χ1n) is 7.79. The minimum absolute atomic E-state index is 0.294. The van der Waals surface area contributed by atoms with E-state index >= 15 is 0 Å². The summed E-state index contributed by atoms with van der Waals surface area (Å²) in [6, 6.07) is 17.3. The normalized spacial score (nSPS) is 10.5. The van der Waals surface area contributed by atoms with Gasteiger partial charge >= 0.3 is 6.03 Å². The molecule has 3 rings (SSSR count). The molecule has 0 heterocycles. The van der Waals surface area contributed by atoms with E-state index in [1.165, 1.54) is 0 Å². The van der Waals surface area contributed by atoms with Gasteiger partial charge in [-0.2, -0.15) is 0 Å². The number of carbonyl (C=O) groups excluding carboxylic acids is 1. The van der Waals surface area contributed by atoms with Crippen molar-refractivity contribution in [3.05, 3.63) is 65.7 Å². The van der Waals surface area contributed by atoms with Gasteiger partial charge < -0.3 is 15.4 Å². The summed E-state index contributed by atoms with van der Waals surface area (Å²) in [6.45, 7) is 4.01. The van der Waals surface area contributed by atoms with E-state index in [0.717, 1.165) is 27.6 Å². The highest BCUT2D eigenvalue weighted by molar-refractivity contribution is 6.03. The molecule has 0 aliphatic carbocycles. The number of methoxy groups -OCH3 is 1. The fraction of sp³-hybridized carbons (Fsp3) is 0.150. The van der Waals surface area contributed by atoms with Crippen LogP contribution in [0, 0.1) is 13.8 Å². The lowest BCUT2D eigenvalue weighted by atomic mass is 10.1. The molecule has 24 heavy (non-hydrogen) atoms. The van der Waals surface area contributed by atoms with Crippen LogP contribution in [-0.4, -0.2) is 13.1 Å². The summed E-state index contributed by atoms with van der Waals surface area (Å²) >= 11 is 0. The molecule has 3 aromatic rings. The predicted molar refractivity (Wildman–Crippen MR) is 99.1 cm³/mol. The minimum Gasteiger partial charge on any atom is -0.495 e. The minimum atomic E-state index is -0.294. The van der Waals surface area contributed by atoms with Crippen LogP contribution < -0.4 is 15.4 Å². The van der Waals surface area contributed by atoms with Gasteiger partial charge in [-0.1, -0.05) is 36.4 Å². The Hall–Kier alpha value is -3.01. The third-order valence-corrected chi connectivity index (χ3v) is 4.17. The lowest BCUT2D eigenvalue weighted by molar-refractivity contribution is 0.262. The number of benzene rings is 3. The Bertz CT molecular complexity index is 903. The molecule has 0 aliphatic heterocycles. The van der Waals surface area contributed by atoms with Gasteiger partial charge in [0.2, 0.25) is 0 Å². The number of carbonyl (C=O) groups is 1. The zero-order chi connectivity index (χ0) is 17.1. The second-order valence-electron chi connectivity index (χ2n) is 5.73. The number of ether oxygens (including phenoxy) is 1. The number of aryl methyl sites for hydroxylation is 1. The monoisotopic (exact) mass is 320 g/mol. The standard InChI is InChI=1S/C20H20N2O2/c1-13-7-6-10-17(14(13)2)21-20(23)22-18-11-15-8-4-5-9-16(15)12-19(18)24-3/h4-12H,1-3H3,(H2,21,22,23). The van der Waals surface area contributed by atoms with Gasteiger partial charge in [-0.15, -0.1) is 0 Å². The average molecular weight is 320 g/mol. The smallest absolute Gasteiger partial charge is 0.323 e. The van der Waals surface area contributed by atoms with Gasteiger partial charge in [-0.3, -0.25) is 0 Å². The molecule has 4 heteroatoms. The van der Waals surface area contributed by atoms with Crippen molar-refractivity contribution < 1.29 is 9.53 Å². The molecule has 0 fully saturated rings. The van der Waals surface area contributed by atoms with E-state index < -0.39 is 0 Å². The summed E-state index contributed by atoms with van der Waals surface area (Å²) in [5.74, 6) is 0.629. The Morgan fingerprint density at radius 3 is 2.25 bits per heavy atom. The summed E-state index contributed by atoms with van der Waals surface area (Å²) in [7, 11) is 1.60. The maximum absolute atomic E-state index is 12.4. The highest BCUT2D eigenvalue weighted by atomic mass is 16.5. The summed E-state index contributed by atoms with van der Waals surface area (Å²) in [5.41, 5.74) is 3.63. The van der Waals surface area contributed by atoms with Crippen molar-refractivity contribution >= 4 is 28.2 Å². The summed E-state index contributed by atoms with van der Waals surface area (Å²) in [4.78, 5) is 12.4. The Morgan fingerprint density at radius 2 is 1.54 bits per heavy atom. The quantitative estimate of drug-likeness (QED) is 0.704. The predicted octanol–water partition coefficient (Wildman–Crippen LogP) is 5.11. The molecule has 0 saturated heterocycles. The topological polar surface area (TPSA) is 50.4 Å². The van der Waals surface area contributed by atoms with E-state index in [0.29, 0.717) is 11.4 Å². The van der Waals surface area contributed by atoms with Crippen LogP contribution in [0.4, 0.5) is 16.2 Å². The number of fused-ring (bicyclic) bond motifs is 1. The van der Waals surface area contributed by atoms with Crippen molar-refractivity contribution in [2.45, 2.75) is 13.8 Å². The van der Waals surface area contributed by atoms with Gasteiger partial charge in [0, 0.05) is 5.69 Å². The molecule has 0 aliphatic rings. The number of amides is 2. The van der Waals surface area contributed by atoms with Crippen LogP contribution in [0.1, 0.15) is 11.1 Å². The second kappa shape index (κ2) is 6.62. The number of rotatable bonds is 3. The van der Waals surface area contributed by atoms with Crippen molar-refractivity contribution in [2.75, 3.05) is 17.7 Å². The van der Waals surface area contributed by atoms with Crippen LogP contribution in [0.2, 0.25) is 0 Å². The molecule has 3 aromatic carbocycles. The molecule has 0 atom stereocenters. The van der Waals surface area contributed by atoms with Crippen LogP contribution in [-0.2, 0) is 0 Å². The van der Waals surface area contributed by atoms with Gasteiger partial charge in [0.15, 0.2) is 0 Å². The van der Waals surface area contributed by atoms with Crippen molar-refractivity contribution in [3.8, 4) is 5.75 Å². The Balaban J connectivity index is 1.86. The van der Waals surface area contributed by atoms with Gasteiger partial charge in [0.25, 0.3) is 0 Å². The highest BCUT2D eigenvalue weighted by Gasteiger charge is 2.10. The lowest BCUT2D eigenvalue weighted by Crippen LogP contribution is -2.20. The number of anilines is 2. The van der Waals surface area contributed by atoms with Crippen molar-refractivity contribution in [1.82, 2.24) is 0 Å². The molecule has 2 N–H and O–H groups in total. The van der Waals surface area contributed by atoms with E-state index in [1.54, 1.807) is 7.11 Å². The third-order valence-electron chi connectivity index (χ3n) is 4.17. The first kappa shape index (κ1) is 15.9. The fourth-order valence-corrected chi connectivity index (χ4v) is 2.65. The zero-order valence-electron chi connectivity index (χ0n) is 14.0. The molecule has 2 amide bonds. The SMILES string of the molecule is COc1cc2ccccc2cc1NC(=O)Nc1cccc(C)c1C. The Kier molecular flexibility index (Phi) is 4.38. The molecule has 122 valence electrons. The molecule has 0 bridgehead atoms. The third kappa shape index (κ3) is 3.18. The molecular formula is C20H20N2O2. The first-order chi connectivity index (χ1) is 11.6. The van der Waals surface area contributed by atoms with Crippen LogP contribution in [0.15, 0.2) is 54.6 Å². The Morgan fingerprint density at radius 1 is 0.875 bits per heavy atom. The summed E-state index contributed by atoms with van der Waals surface area (Å²) in [6.07, 6.45) is 0. The van der Waals surface area contributed by atoms with Crippen LogP contribution in [0.5, 0.6) is 5.75 Å². The number of nitrogens with one attached hydrogen (secondary N) is 2. The number of hydrogen-bond acceptors (Lipinski definition) is 2. The van der Waals surface area contributed by atoms with E-state index in [2.05, 4.69) is 10.6 Å². The molecule has 0 radical (unpaired) electrons. The van der Waals surface area contributed by atoms with E-state index in [4.69, 9.17) is 4.74 Å². The molecule has 0 spiro atoms. The Labute approximate surface area is 141 Å². The summed E-state index contributed by atoms with van der Waals surface area (Å²) < 4.78 is 5.40. The maximum Gasteiger partial charge on any atom is 0.323 e. The number of urea groups is 1. The van der Waals surface area contributed by atoms with Gasteiger partial charge in [-0.05, 0) is 53.9 Å². The van der Waals surface area contributed by atoms with Crippen molar-refractivity contribution in [2.24, 2.45) is 0 Å². The average Bonchev–Trinajstić information content (AvgIpc) is 2.58. The van der Waals surface area contributed by atoms with Crippen LogP contribution >= 0.6 is 0 Å². The van der Waals surface area contributed by atoms with Gasteiger partial charge in [0.05, 0.1) is 12.8 Å². The number of hydrogen-bond donors (Lipinski definition) is 2. The largest absolute Gasteiger partial charge is 0.495 e. The fourth-order valence-electron chi connectivity index (χ4n) is 2.65. The van der Waals surface area contributed by atoms with Crippen LogP contribution in [0.25, 0.3) is 10.8 Å². The maximum atomic E-state index is 12.4. The highest BCUT2D eigenvalue weighted by Crippen LogP contribution is 2.30. The molecule has 4 nitrogen and oxygen atoms in total. The molecule has 0 aromatic heterocycles. The lowest BCUT2D eigenvalue weighted by Gasteiger charge is -2.14.